The molecule has 0 radical (unpaired) electrons. The second-order valence-electron chi connectivity index (χ2n) is 8.31. The van der Waals surface area contributed by atoms with E-state index in [1.165, 1.54) is 18.4 Å². The fourth-order valence-corrected chi connectivity index (χ4v) is 4.56. The highest BCUT2D eigenvalue weighted by Gasteiger charge is 2.25. The monoisotopic (exact) mass is 457 g/mol. The quantitative estimate of drug-likeness (QED) is 0.514. The number of carbonyl (C=O) groups is 1. The van der Waals surface area contributed by atoms with Gasteiger partial charge in [0.05, 0.1) is 6.54 Å². The summed E-state index contributed by atoms with van der Waals surface area (Å²) in [7, 11) is 0. The zero-order valence-electron chi connectivity index (χ0n) is 18.1. The molecule has 0 saturated heterocycles. The van der Waals surface area contributed by atoms with Gasteiger partial charge >= 0.3 is 0 Å². The van der Waals surface area contributed by atoms with Gasteiger partial charge in [0.2, 0.25) is 5.91 Å². The molecule has 166 valence electrons. The molecule has 1 atom stereocenters. The summed E-state index contributed by atoms with van der Waals surface area (Å²) in [5.74, 6) is -0.0352. The van der Waals surface area contributed by atoms with Crippen molar-refractivity contribution in [1.82, 2.24) is 15.5 Å². The second kappa shape index (κ2) is 12.1. The third-order valence-corrected chi connectivity index (χ3v) is 6.59. The molecule has 2 aromatic rings. The highest BCUT2D eigenvalue weighted by Crippen LogP contribution is 2.27. The first-order valence-corrected chi connectivity index (χ1v) is 11.9. The maximum absolute atomic E-state index is 12.5. The zero-order chi connectivity index (χ0) is 22.1. The van der Waals surface area contributed by atoms with Gasteiger partial charge in [-0.3, -0.25) is 4.79 Å². The molecular weight excluding hydrogens is 426 g/mol. The van der Waals surface area contributed by atoms with Crippen LogP contribution in [-0.2, 0) is 17.8 Å². The topological polar surface area (TPSA) is 44.4 Å². The molecular formula is C25H32ClN3OS. The number of benzene rings is 2. The molecule has 2 aromatic carbocycles. The molecule has 1 fully saturated rings. The molecule has 4 nitrogen and oxygen atoms in total. The number of nitrogens with one attached hydrogen (secondary N) is 2. The van der Waals surface area contributed by atoms with Crippen LogP contribution >= 0.6 is 23.8 Å². The third kappa shape index (κ3) is 7.51. The minimum atomic E-state index is -0.0352. The van der Waals surface area contributed by atoms with Crippen LogP contribution in [0.2, 0.25) is 5.02 Å². The predicted molar refractivity (Wildman–Crippen MR) is 132 cm³/mol. The summed E-state index contributed by atoms with van der Waals surface area (Å²) in [6, 6.07) is 18.7. The molecule has 1 aliphatic carbocycles. The van der Waals surface area contributed by atoms with Crippen LogP contribution in [0.1, 0.15) is 50.2 Å². The highest BCUT2D eigenvalue weighted by atomic mass is 35.5. The van der Waals surface area contributed by atoms with Gasteiger partial charge in [-0.1, -0.05) is 73.0 Å². The van der Waals surface area contributed by atoms with Crippen LogP contribution in [0.3, 0.4) is 0 Å². The Labute approximate surface area is 196 Å². The van der Waals surface area contributed by atoms with E-state index < -0.39 is 0 Å². The van der Waals surface area contributed by atoms with Gasteiger partial charge < -0.3 is 15.5 Å². The van der Waals surface area contributed by atoms with Crippen molar-refractivity contribution < 1.29 is 4.79 Å². The van der Waals surface area contributed by atoms with Crippen molar-refractivity contribution in [2.24, 2.45) is 0 Å². The van der Waals surface area contributed by atoms with E-state index in [-0.39, 0.29) is 18.5 Å². The number of amides is 1. The number of nitrogens with zero attached hydrogens (tertiary/aromatic N) is 1. The second-order valence-corrected chi connectivity index (χ2v) is 9.10. The minimum Gasteiger partial charge on any atom is -0.353 e. The Morgan fingerprint density at radius 3 is 2.52 bits per heavy atom. The summed E-state index contributed by atoms with van der Waals surface area (Å²) in [6.07, 6.45) is 6.52. The van der Waals surface area contributed by atoms with Crippen LogP contribution in [-0.4, -0.2) is 34.5 Å². The molecule has 0 aliphatic heterocycles. The molecule has 3 rings (SSSR count). The SMILES string of the molecule is C[C@@H](CCc1ccccc1)NC(=O)CNC(=S)N(Cc1ccccc1Cl)C1CCCC1. The molecule has 0 spiro atoms. The third-order valence-electron chi connectivity index (χ3n) is 5.84. The van der Waals surface area contributed by atoms with E-state index in [2.05, 4.69) is 27.7 Å². The smallest absolute Gasteiger partial charge is 0.239 e. The van der Waals surface area contributed by atoms with E-state index in [1.807, 2.05) is 49.4 Å². The number of thiocarbonyl (C=S) groups is 1. The summed E-state index contributed by atoms with van der Waals surface area (Å²) in [4.78, 5) is 14.7. The Kier molecular flexibility index (Phi) is 9.16. The normalized spacial score (nSPS) is 14.8. The van der Waals surface area contributed by atoms with Crippen molar-refractivity contribution in [1.29, 1.82) is 0 Å². The number of aryl methyl sites for hydroxylation is 1. The van der Waals surface area contributed by atoms with Gasteiger partial charge in [-0.2, -0.15) is 0 Å². The molecule has 31 heavy (non-hydrogen) atoms. The summed E-state index contributed by atoms with van der Waals surface area (Å²) in [6.45, 7) is 2.88. The van der Waals surface area contributed by atoms with Crippen LogP contribution < -0.4 is 10.6 Å². The van der Waals surface area contributed by atoms with Crippen molar-refractivity contribution in [3.05, 3.63) is 70.7 Å². The minimum absolute atomic E-state index is 0.0352. The Hall–Kier alpha value is -2.11. The molecule has 0 aromatic heterocycles. The van der Waals surface area contributed by atoms with E-state index in [9.17, 15) is 4.79 Å². The van der Waals surface area contributed by atoms with Crippen LogP contribution in [0, 0.1) is 0 Å². The summed E-state index contributed by atoms with van der Waals surface area (Å²) in [5, 5.41) is 7.63. The lowest BCUT2D eigenvalue weighted by Crippen LogP contribution is -2.48. The van der Waals surface area contributed by atoms with Crippen molar-refractivity contribution >= 4 is 34.8 Å². The van der Waals surface area contributed by atoms with Crippen LogP contribution in [0.4, 0.5) is 0 Å². The first kappa shape index (κ1) is 23.6. The lowest BCUT2D eigenvalue weighted by molar-refractivity contribution is -0.120. The maximum atomic E-state index is 12.5. The van der Waals surface area contributed by atoms with Crippen molar-refractivity contribution in [2.45, 2.75) is 64.1 Å². The van der Waals surface area contributed by atoms with E-state index in [0.29, 0.717) is 17.7 Å². The molecule has 6 heteroatoms. The Balaban J connectivity index is 1.49. The molecule has 2 N–H and O–H groups in total. The van der Waals surface area contributed by atoms with Gasteiger partial charge in [-0.05, 0) is 62.0 Å². The number of rotatable bonds is 9. The van der Waals surface area contributed by atoms with E-state index in [1.54, 1.807) is 0 Å². The van der Waals surface area contributed by atoms with Gasteiger partial charge in [0, 0.05) is 23.7 Å². The number of hydrogen-bond donors (Lipinski definition) is 2. The van der Waals surface area contributed by atoms with Crippen LogP contribution in [0.25, 0.3) is 0 Å². The van der Waals surface area contributed by atoms with Gasteiger partial charge in [0.15, 0.2) is 5.11 Å². The molecule has 1 amide bonds. The summed E-state index contributed by atoms with van der Waals surface area (Å²) >= 11 is 12.1. The first-order valence-electron chi connectivity index (χ1n) is 11.1. The fraction of sp³-hybridized carbons (Fsp3) is 0.440. The standard InChI is InChI=1S/C25H32ClN3OS/c1-19(15-16-20-9-3-2-4-10-20)28-24(30)17-27-25(31)29(22-12-6-7-13-22)18-21-11-5-8-14-23(21)26/h2-5,8-11,14,19,22H,6-7,12-13,15-18H2,1H3,(H,27,31)(H,28,30)/t19-/m0/s1. The fourth-order valence-electron chi connectivity index (χ4n) is 4.08. The van der Waals surface area contributed by atoms with Crippen LogP contribution in [0.5, 0.6) is 0 Å². The maximum Gasteiger partial charge on any atom is 0.239 e. The summed E-state index contributed by atoms with van der Waals surface area (Å²) in [5.41, 5.74) is 2.34. The van der Waals surface area contributed by atoms with E-state index in [0.717, 1.165) is 36.3 Å². The number of carbonyl (C=O) groups excluding carboxylic acids is 1. The molecule has 1 saturated carbocycles. The van der Waals surface area contributed by atoms with Crippen molar-refractivity contribution in [2.75, 3.05) is 6.54 Å². The molecule has 0 unspecified atom stereocenters. The highest BCUT2D eigenvalue weighted by molar-refractivity contribution is 7.80. The largest absolute Gasteiger partial charge is 0.353 e. The van der Waals surface area contributed by atoms with Gasteiger partial charge in [-0.25, -0.2) is 0 Å². The Bertz CT molecular complexity index is 855. The lowest BCUT2D eigenvalue weighted by atomic mass is 10.1. The number of hydrogen-bond acceptors (Lipinski definition) is 2. The van der Waals surface area contributed by atoms with Gasteiger partial charge in [0.1, 0.15) is 0 Å². The van der Waals surface area contributed by atoms with E-state index in [4.69, 9.17) is 23.8 Å². The Morgan fingerprint density at radius 2 is 1.81 bits per heavy atom. The average Bonchev–Trinajstić information content (AvgIpc) is 3.31. The molecule has 0 bridgehead atoms. The van der Waals surface area contributed by atoms with Gasteiger partial charge in [-0.15, -0.1) is 0 Å². The zero-order valence-corrected chi connectivity index (χ0v) is 19.7. The van der Waals surface area contributed by atoms with Crippen molar-refractivity contribution in [3.8, 4) is 0 Å². The lowest BCUT2D eigenvalue weighted by Gasteiger charge is -2.32. The average molecular weight is 458 g/mol. The predicted octanol–water partition coefficient (Wildman–Crippen LogP) is 5.10. The molecule has 0 heterocycles. The summed E-state index contributed by atoms with van der Waals surface area (Å²) < 4.78 is 0. The molecule has 1 aliphatic rings. The van der Waals surface area contributed by atoms with Crippen LogP contribution in [0.15, 0.2) is 54.6 Å². The van der Waals surface area contributed by atoms with Crippen molar-refractivity contribution in [3.63, 3.8) is 0 Å². The Morgan fingerprint density at radius 1 is 1.13 bits per heavy atom. The van der Waals surface area contributed by atoms with Gasteiger partial charge in [0.25, 0.3) is 0 Å². The first-order chi connectivity index (χ1) is 15.0. The number of halogens is 1. The van der Waals surface area contributed by atoms with E-state index >= 15 is 0 Å².